The Morgan fingerprint density at radius 3 is 0.670 bits per heavy atom. The number of ether oxygens (including phenoxy) is 3. The molecule has 1 aliphatic carbocycles. The van der Waals surface area contributed by atoms with Gasteiger partial charge in [-0.05, 0) is 56.6 Å². The lowest BCUT2D eigenvalue weighted by Crippen LogP contribution is -2.67. The zero-order valence-corrected chi connectivity index (χ0v) is 50.7. The second-order valence-electron chi connectivity index (χ2n) is 20.4. The Balaban J connectivity index is 1.19. The van der Waals surface area contributed by atoms with Crippen LogP contribution in [-0.4, -0.2) is 42.6 Å². The summed E-state index contributed by atoms with van der Waals surface area (Å²) in [7, 11) is -15.2. The Labute approximate surface area is 513 Å². The molecule has 454 valence electrons. The van der Waals surface area contributed by atoms with E-state index in [1.807, 2.05) is 97.1 Å². The van der Waals surface area contributed by atoms with Gasteiger partial charge in [0.05, 0.1) is 58.4 Å². The summed E-state index contributed by atoms with van der Waals surface area (Å²) >= 11 is 0. The Morgan fingerprint density at radius 1 is 0.250 bits per heavy atom. The molecule has 16 nitrogen and oxygen atoms in total. The van der Waals surface area contributed by atoms with Crippen LogP contribution < -0.4 is 0 Å². The first kappa shape index (κ1) is 63.7. The van der Waals surface area contributed by atoms with E-state index in [0.717, 1.165) is 0 Å². The molecule has 0 heterocycles. The molecule has 0 radical (unpaired) electrons. The molecule has 9 aromatic rings. The lowest BCUT2D eigenvalue weighted by Gasteiger charge is -2.49. The smallest absolute Gasteiger partial charge is 0.453 e. The van der Waals surface area contributed by atoms with Crippen LogP contribution in [-0.2, 0) is 121 Å². The van der Waals surface area contributed by atoms with Gasteiger partial charge in [-0.25, -0.2) is 18.5 Å². The van der Waals surface area contributed by atoms with Crippen LogP contribution in [0.4, 0.5) is 0 Å². The first-order valence-electron chi connectivity index (χ1n) is 28.6. The number of hydrogen-bond donors (Lipinski definition) is 0. The average molecular weight is 1250 g/mol. The minimum absolute atomic E-state index is 0.124. The van der Waals surface area contributed by atoms with E-state index in [4.69, 9.17) is 54.9 Å². The van der Waals surface area contributed by atoms with E-state index < -0.39 is 66.1 Å². The summed E-state index contributed by atoms with van der Waals surface area (Å²) in [6.07, 6.45) is -11.0. The monoisotopic (exact) mass is 1240 g/mol. The van der Waals surface area contributed by atoms with E-state index in [9.17, 15) is 4.79 Å². The van der Waals surface area contributed by atoms with E-state index in [2.05, 4.69) is 0 Å². The van der Waals surface area contributed by atoms with Gasteiger partial charge >= 0.3 is 29.4 Å². The summed E-state index contributed by atoms with van der Waals surface area (Å²) in [5.41, 5.74) is 4.95. The van der Waals surface area contributed by atoms with E-state index in [1.165, 1.54) is 0 Å². The molecule has 9 aromatic carbocycles. The first-order chi connectivity index (χ1) is 43.1. The number of carbonyl (C=O) groups excluding carboxylic acids is 1. The van der Waals surface area contributed by atoms with E-state index in [1.54, 1.807) is 176 Å². The first-order valence-corrected chi connectivity index (χ1v) is 33.0. The Hall–Kier alpha value is -7.30. The standard InChI is InChI=1S/C69H67O16P3/c70-69(62-44-26-9-27-45-62)82-65-63(74-46-54-28-10-1-11-29-54)66(83-86(71,76-48-56-32-14-3-15-33-56)77-49-57-34-16-4-17-35-57)68(85-88(73,80-52-60-40-22-7-23-41-60)81-53-61-42-24-8-25-43-61)67(64(65)75-47-55-30-12-2-13-31-55)84-87(72,78-50-58-36-18-5-19-37-58)79-51-59-38-20-6-21-39-59/h1-45,63-68H,46-53H2/t63-,64-,65?,66-,67+,68?/m0/s1. The molecule has 0 saturated heterocycles. The van der Waals surface area contributed by atoms with Gasteiger partial charge in [0.1, 0.15) is 30.5 Å². The van der Waals surface area contributed by atoms with Crippen LogP contribution in [0.3, 0.4) is 0 Å². The molecule has 0 aliphatic heterocycles. The van der Waals surface area contributed by atoms with Crippen molar-refractivity contribution in [3.63, 3.8) is 0 Å². The maximum Gasteiger partial charge on any atom is 0.475 e. The highest BCUT2D eigenvalue weighted by atomic mass is 31.2. The van der Waals surface area contributed by atoms with Crippen LogP contribution in [0.15, 0.2) is 273 Å². The van der Waals surface area contributed by atoms with Crippen molar-refractivity contribution in [2.75, 3.05) is 0 Å². The van der Waals surface area contributed by atoms with Crippen molar-refractivity contribution in [2.45, 2.75) is 89.5 Å². The zero-order chi connectivity index (χ0) is 60.7. The topological polar surface area (TPSA) is 179 Å². The third-order valence-corrected chi connectivity index (χ3v) is 18.1. The molecule has 0 bridgehead atoms. The van der Waals surface area contributed by atoms with Crippen LogP contribution in [0, 0.1) is 0 Å². The number of carbonyl (C=O) groups is 1. The fourth-order valence-corrected chi connectivity index (χ4v) is 13.4. The van der Waals surface area contributed by atoms with Gasteiger partial charge in [0.15, 0.2) is 6.10 Å². The summed E-state index contributed by atoms with van der Waals surface area (Å²) in [6.45, 7) is -2.33. The third kappa shape index (κ3) is 19.1. The molecular formula is C69H67O16P3. The lowest BCUT2D eigenvalue weighted by molar-refractivity contribution is -0.243. The zero-order valence-electron chi connectivity index (χ0n) is 48.0. The Morgan fingerprint density at radius 2 is 0.443 bits per heavy atom. The summed E-state index contributed by atoms with van der Waals surface area (Å²) in [4.78, 5) is 15.0. The molecule has 6 atom stereocenters. The van der Waals surface area contributed by atoms with Crippen LogP contribution in [0.25, 0.3) is 0 Å². The molecule has 19 heteroatoms. The molecule has 1 saturated carbocycles. The molecule has 88 heavy (non-hydrogen) atoms. The van der Waals surface area contributed by atoms with Crippen molar-refractivity contribution >= 4 is 29.4 Å². The molecular weight excluding hydrogens is 1180 g/mol. The van der Waals surface area contributed by atoms with Crippen LogP contribution in [0.2, 0.25) is 0 Å². The fourth-order valence-electron chi connectivity index (χ4n) is 9.40. The highest BCUT2D eigenvalue weighted by Gasteiger charge is 2.62. The Bertz CT molecular complexity index is 3340. The van der Waals surface area contributed by atoms with Gasteiger partial charge in [-0.3, -0.25) is 40.7 Å². The highest BCUT2D eigenvalue weighted by molar-refractivity contribution is 7.49. The van der Waals surface area contributed by atoms with Crippen molar-refractivity contribution < 1.29 is 73.4 Å². The molecule has 1 fully saturated rings. The van der Waals surface area contributed by atoms with Crippen molar-refractivity contribution in [1.82, 2.24) is 0 Å². The van der Waals surface area contributed by atoms with Crippen molar-refractivity contribution in [2.24, 2.45) is 0 Å². The van der Waals surface area contributed by atoms with Gasteiger partial charge in [0, 0.05) is 0 Å². The summed E-state index contributed by atoms with van der Waals surface area (Å²) in [6, 6.07) is 80.0. The summed E-state index contributed by atoms with van der Waals surface area (Å²) in [5, 5.41) is 0. The SMILES string of the molecule is O=C(OC1[C@H](OCc2ccccc2)[C@H](OP(=O)(OCc2ccccc2)OCc2ccccc2)C(OP(=O)(OCc2ccccc2)OCc2ccccc2)[C@H](OP(=O)(OCc2ccccc2)OCc2ccccc2)[C@H]1OCc1ccccc1)c1ccccc1. The van der Waals surface area contributed by atoms with Gasteiger partial charge in [0.2, 0.25) is 0 Å². The van der Waals surface area contributed by atoms with Crippen molar-refractivity contribution in [1.29, 1.82) is 0 Å². The average Bonchev–Trinajstić information content (AvgIpc) is 0.847. The summed E-state index contributed by atoms with van der Waals surface area (Å²) < 4.78 is 129. The van der Waals surface area contributed by atoms with Crippen LogP contribution in [0.5, 0.6) is 0 Å². The number of esters is 1. The van der Waals surface area contributed by atoms with E-state index in [-0.39, 0.29) is 58.4 Å². The largest absolute Gasteiger partial charge is 0.475 e. The molecule has 0 spiro atoms. The van der Waals surface area contributed by atoms with Crippen molar-refractivity contribution in [3.8, 4) is 0 Å². The highest BCUT2D eigenvalue weighted by Crippen LogP contribution is 2.61. The minimum Gasteiger partial charge on any atom is -0.453 e. The van der Waals surface area contributed by atoms with Gasteiger partial charge in [-0.1, -0.05) is 261 Å². The molecule has 0 aromatic heterocycles. The van der Waals surface area contributed by atoms with Crippen molar-refractivity contribution in [3.05, 3.63) is 323 Å². The second kappa shape index (κ2) is 32.3. The molecule has 1 aliphatic rings. The Kier molecular flexibility index (Phi) is 23.4. The van der Waals surface area contributed by atoms with Gasteiger partial charge < -0.3 is 14.2 Å². The quantitative estimate of drug-likeness (QED) is 0.0287. The molecule has 10 rings (SSSR count). The predicted molar refractivity (Wildman–Crippen MR) is 331 cm³/mol. The van der Waals surface area contributed by atoms with Crippen LogP contribution >= 0.6 is 23.5 Å². The maximum absolute atomic E-state index is 16.3. The molecule has 0 amide bonds. The molecule has 2 unspecified atom stereocenters. The fraction of sp³-hybridized carbons (Fsp3) is 0.203. The predicted octanol–water partition coefficient (Wildman–Crippen LogP) is 16.2. The third-order valence-electron chi connectivity index (χ3n) is 13.9. The number of rotatable bonds is 32. The maximum atomic E-state index is 16.3. The normalized spacial score (nSPS) is 17.9. The van der Waals surface area contributed by atoms with Crippen LogP contribution in [0.1, 0.15) is 54.9 Å². The van der Waals surface area contributed by atoms with E-state index in [0.29, 0.717) is 44.5 Å². The molecule has 0 N–H and O–H groups in total. The van der Waals surface area contributed by atoms with E-state index >= 15 is 13.7 Å². The number of phosphoric ester groups is 3. The second-order valence-corrected chi connectivity index (χ2v) is 25.2. The van der Waals surface area contributed by atoms with Gasteiger partial charge in [-0.15, -0.1) is 0 Å². The lowest BCUT2D eigenvalue weighted by atomic mass is 9.84. The van der Waals surface area contributed by atoms with Gasteiger partial charge in [0.25, 0.3) is 0 Å². The number of hydrogen-bond acceptors (Lipinski definition) is 16. The number of phosphoric acid groups is 3. The summed E-state index contributed by atoms with van der Waals surface area (Å²) in [5.74, 6) is -0.861. The number of benzene rings is 9. The minimum atomic E-state index is -5.10. The van der Waals surface area contributed by atoms with Gasteiger partial charge in [-0.2, -0.15) is 0 Å².